The highest BCUT2D eigenvalue weighted by Crippen LogP contribution is 2.25. The molecule has 1 aliphatic rings. The average Bonchev–Trinajstić information content (AvgIpc) is 2.75. The molecular formula is C20H23N3O5S2. The van der Waals surface area contributed by atoms with Crippen LogP contribution in [-0.2, 0) is 19.6 Å². The van der Waals surface area contributed by atoms with Gasteiger partial charge in [0.2, 0.25) is 15.9 Å². The first kappa shape index (κ1) is 22.4. The summed E-state index contributed by atoms with van der Waals surface area (Å²) < 4.78 is 31.9. The molecule has 0 saturated carbocycles. The fourth-order valence-corrected chi connectivity index (χ4v) is 4.96. The smallest absolute Gasteiger partial charge is 0.244 e. The second kappa shape index (κ2) is 9.69. The minimum absolute atomic E-state index is 0.0788. The number of sulfonamides is 1. The maximum absolute atomic E-state index is 12.6. The van der Waals surface area contributed by atoms with Gasteiger partial charge in [0.25, 0.3) is 0 Å². The molecule has 0 radical (unpaired) electrons. The molecule has 160 valence electrons. The molecule has 0 spiro atoms. The molecule has 1 aromatic heterocycles. The van der Waals surface area contributed by atoms with Crippen molar-refractivity contribution in [2.24, 2.45) is 0 Å². The summed E-state index contributed by atoms with van der Waals surface area (Å²) in [5, 5.41) is 2.85. The van der Waals surface area contributed by atoms with Gasteiger partial charge in [-0.3, -0.25) is 9.59 Å². The Hall–Kier alpha value is -2.27. The molecule has 1 atom stereocenters. The Morgan fingerprint density at radius 1 is 1.20 bits per heavy atom. The number of benzene rings is 1. The summed E-state index contributed by atoms with van der Waals surface area (Å²) >= 11 is 1.22. The third-order valence-corrected chi connectivity index (χ3v) is 7.45. The molecule has 2 heterocycles. The van der Waals surface area contributed by atoms with Crippen molar-refractivity contribution in [3.63, 3.8) is 0 Å². The van der Waals surface area contributed by atoms with Gasteiger partial charge in [0, 0.05) is 30.5 Å². The molecule has 3 rings (SSSR count). The summed E-state index contributed by atoms with van der Waals surface area (Å²) in [7, 11) is -3.60. The highest BCUT2D eigenvalue weighted by atomic mass is 32.2. The summed E-state index contributed by atoms with van der Waals surface area (Å²) in [6.45, 7) is 4.59. The summed E-state index contributed by atoms with van der Waals surface area (Å²) in [5.74, 6) is -0.322. The molecule has 1 saturated heterocycles. The molecule has 1 N–H and O–H groups in total. The van der Waals surface area contributed by atoms with E-state index in [-0.39, 0.29) is 16.6 Å². The van der Waals surface area contributed by atoms with Gasteiger partial charge >= 0.3 is 0 Å². The Kier molecular flexibility index (Phi) is 7.24. The van der Waals surface area contributed by atoms with Crippen LogP contribution < -0.4 is 5.32 Å². The first-order valence-corrected chi connectivity index (χ1v) is 11.7. The van der Waals surface area contributed by atoms with E-state index in [9.17, 15) is 18.0 Å². The topological polar surface area (TPSA) is 106 Å². The van der Waals surface area contributed by atoms with E-state index in [1.165, 1.54) is 35.3 Å². The maximum atomic E-state index is 12.6. The van der Waals surface area contributed by atoms with E-state index < -0.39 is 15.3 Å². The molecule has 1 aromatic carbocycles. The van der Waals surface area contributed by atoms with Gasteiger partial charge in [-0.25, -0.2) is 13.4 Å². The third kappa shape index (κ3) is 5.45. The zero-order chi connectivity index (χ0) is 21.7. The van der Waals surface area contributed by atoms with Crippen molar-refractivity contribution in [1.82, 2.24) is 9.29 Å². The van der Waals surface area contributed by atoms with E-state index in [1.54, 1.807) is 37.3 Å². The number of nitrogens with zero attached hydrogens (tertiary/aromatic N) is 2. The van der Waals surface area contributed by atoms with E-state index in [1.807, 2.05) is 0 Å². The Bertz CT molecular complexity index is 1020. The number of ether oxygens (including phenoxy) is 1. The van der Waals surface area contributed by atoms with Crippen LogP contribution in [0, 0.1) is 0 Å². The number of hydrogen-bond donors (Lipinski definition) is 1. The van der Waals surface area contributed by atoms with Crippen molar-refractivity contribution in [2.45, 2.75) is 29.0 Å². The summed E-state index contributed by atoms with van der Waals surface area (Å²) in [6.07, 6.45) is 1.31. The lowest BCUT2D eigenvalue weighted by atomic mass is 10.1. The van der Waals surface area contributed by atoms with Crippen LogP contribution in [0.5, 0.6) is 0 Å². The average molecular weight is 450 g/mol. The lowest BCUT2D eigenvalue weighted by Crippen LogP contribution is -2.40. The highest BCUT2D eigenvalue weighted by Gasteiger charge is 2.26. The van der Waals surface area contributed by atoms with Crippen LogP contribution in [0.25, 0.3) is 0 Å². The van der Waals surface area contributed by atoms with E-state index in [0.717, 1.165) is 0 Å². The molecule has 30 heavy (non-hydrogen) atoms. The van der Waals surface area contributed by atoms with Gasteiger partial charge in [-0.15, -0.1) is 0 Å². The molecular weight excluding hydrogens is 426 g/mol. The second-order valence-electron chi connectivity index (χ2n) is 6.73. The van der Waals surface area contributed by atoms with Gasteiger partial charge in [-0.1, -0.05) is 23.9 Å². The molecule has 2 aromatic rings. The van der Waals surface area contributed by atoms with Gasteiger partial charge < -0.3 is 10.1 Å². The molecule has 1 fully saturated rings. The van der Waals surface area contributed by atoms with Crippen molar-refractivity contribution in [1.29, 1.82) is 0 Å². The largest absolute Gasteiger partial charge is 0.379 e. The first-order chi connectivity index (χ1) is 14.3. The lowest BCUT2D eigenvalue weighted by Gasteiger charge is -2.25. The van der Waals surface area contributed by atoms with Crippen molar-refractivity contribution in [3.05, 3.63) is 48.2 Å². The Morgan fingerprint density at radius 3 is 2.57 bits per heavy atom. The van der Waals surface area contributed by atoms with Crippen molar-refractivity contribution in [3.8, 4) is 0 Å². The lowest BCUT2D eigenvalue weighted by molar-refractivity contribution is -0.115. The summed E-state index contributed by atoms with van der Waals surface area (Å²) in [4.78, 5) is 28.3. The predicted octanol–water partition coefficient (Wildman–Crippen LogP) is 2.42. The van der Waals surface area contributed by atoms with Gasteiger partial charge in [0.1, 0.15) is 4.90 Å². The van der Waals surface area contributed by atoms with Crippen LogP contribution in [0.3, 0.4) is 0 Å². The van der Waals surface area contributed by atoms with Gasteiger partial charge in [0.05, 0.1) is 23.5 Å². The second-order valence-corrected chi connectivity index (χ2v) is 10.0. The molecule has 1 aliphatic heterocycles. The van der Waals surface area contributed by atoms with Crippen molar-refractivity contribution >= 4 is 39.2 Å². The number of thioether (sulfide) groups is 1. The molecule has 1 unspecified atom stereocenters. The standard InChI is InChI=1S/C20H23N3O5S2/c1-14(24)16-4-3-5-17(12-16)22-20(25)15(2)29-19-7-6-18(13-21-19)30(26,27)23-8-10-28-11-9-23/h3-7,12-13,15H,8-11H2,1-2H3,(H,22,25). The molecule has 10 heteroatoms. The van der Waals surface area contributed by atoms with E-state index >= 15 is 0 Å². The Labute approximate surface area is 180 Å². The van der Waals surface area contributed by atoms with Crippen LogP contribution in [0.4, 0.5) is 5.69 Å². The predicted molar refractivity (Wildman–Crippen MR) is 114 cm³/mol. The van der Waals surface area contributed by atoms with E-state index in [4.69, 9.17) is 4.74 Å². The first-order valence-electron chi connectivity index (χ1n) is 9.40. The number of Topliss-reactive ketones (excluding diaryl/α,β-unsaturated/α-hetero) is 1. The number of anilines is 1. The number of carbonyl (C=O) groups excluding carboxylic acids is 2. The minimum Gasteiger partial charge on any atom is -0.379 e. The third-order valence-electron chi connectivity index (χ3n) is 4.52. The maximum Gasteiger partial charge on any atom is 0.244 e. The zero-order valence-electron chi connectivity index (χ0n) is 16.7. The molecule has 1 amide bonds. The van der Waals surface area contributed by atoms with Crippen LogP contribution in [0.2, 0.25) is 0 Å². The zero-order valence-corrected chi connectivity index (χ0v) is 18.3. The SMILES string of the molecule is CC(=O)c1cccc(NC(=O)C(C)Sc2ccc(S(=O)(=O)N3CCOCC3)cn2)c1. The normalized spacial score (nSPS) is 16.1. The quantitative estimate of drug-likeness (QED) is 0.511. The molecule has 0 bridgehead atoms. The number of morpholine rings is 1. The van der Waals surface area contributed by atoms with Crippen molar-refractivity contribution in [2.75, 3.05) is 31.6 Å². The number of aromatic nitrogens is 1. The van der Waals surface area contributed by atoms with Crippen LogP contribution >= 0.6 is 11.8 Å². The number of ketones is 1. The fourth-order valence-electron chi connectivity index (χ4n) is 2.82. The number of pyridine rings is 1. The highest BCUT2D eigenvalue weighted by molar-refractivity contribution is 8.00. The molecule has 0 aliphatic carbocycles. The Morgan fingerprint density at radius 2 is 1.93 bits per heavy atom. The van der Waals surface area contributed by atoms with Gasteiger partial charge in [-0.2, -0.15) is 4.31 Å². The Balaban J connectivity index is 1.62. The summed E-state index contributed by atoms with van der Waals surface area (Å²) in [6, 6.07) is 9.83. The van der Waals surface area contributed by atoms with Crippen LogP contribution in [-0.4, -0.2) is 61.0 Å². The summed E-state index contributed by atoms with van der Waals surface area (Å²) in [5.41, 5.74) is 1.06. The number of amides is 1. The van der Waals surface area contributed by atoms with Crippen molar-refractivity contribution < 1.29 is 22.7 Å². The van der Waals surface area contributed by atoms with E-state index in [0.29, 0.717) is 42.6 Å². The number of hydrogen-bond acceptors (Lipinski definition) is 7. The minimum atomic E-state index is -3.60. The number of carbonyl (C=O) groups is 2. The van der Waals surface area contributed by atoms with E-state index in [2.05, 4.69) is 10.3 Å². The van der Waals surface area contributed by atoms with Gasteiger partial charge in [0.15, 0.2) is 5.78 Å². The van der Waals surface area contributed by atoms with Crippen LogP contribution in [0.15, 0.2) is 52.5 Å². The number of rotatable bonds is 7. The monoisotopic (exact) mass is 449 g/mol. The van der Waals surface area contributed by atoms with Gasteiger partial charge in [-0.05, 0) is 38.1 Å². The van der Waals surface area contributed by atoms with Crippen LogP contribution in [0.1, 0.15) is 24.2 Å². The fraction of sp³-hybridized carbons (Fsp3) is 0.350. The number of nitrogens with one attached hydrogen (secondary N) is 1. The molecule has 8 nitrogen and oxygen atoms in total.